The van der Waals surface area contributed by atoms with Gasteiger partial charge in [0.2, 0.25) is 5.91 Å². The van der Waals surface area contributed by atoms with Crippen LogP contribution in [0.3, 0.4) is 0 Å². The highest BCUT2D eigenvalue weighted by molar-refractivity contribution is 5.81. The second kappa shape index (κ2) is 6.44. The van der Waals surface area contributed by atoms with Crippen molar-refractivity contribution in [2.24, 2.45) is 11.7 Å². The Morgan fingerprint density at radius 2 is 2.00 bits per heavy atom. The molecule has 1 rings (SSSR count). The molecule has 1 amide bonds. The molecule has 18 heavy (non-hydrogen) atoms. The van der Waals surface area contributed by atoms with Crippen LogP contribution in [-0.4, -0.2) is 11.9 Å². The minimum Gasteiger partial charge on any atom is -0.351 e. The van der Waals surface area contributed by atoms with Crippen molar-refractivity contribution in [2.45, 2.75) is 32.9 Å². The van der Waals surface area contributed by atoms with Gasteiger partial charge in [0.15, 0.2) is 11.6 Å². The minimum absolute atomic E-state index is 0.141. The van der Waals surface area contributed by atoms with E-state index in [1.165, 1.54) is 6.07 Å². The molecule has 0 heterocycles. The Kier molecular flexibility index (Phi) is 5.22. The molecule has 1 atom stereocenters. The van der Waals surface area contributed by atoms with E-state index in [4.69, 9.17) is 5.73 Å². The summed E-state index contributed by atoms with van der Waals surface area (Å²) in [6.45, 7) is 4.09. The van der Waals surface area contributed by atoms with Crippen LogP contribution < -0.4 is 11.1 Å². The Bertz CT molecular complexity index is 421. The monoisotopic (exact) mass is 256 g/mol. The van der Waals surface area contributed by atoms with E-state index < -0.39 is 17.7 Å². The fourth-order valence-corrected chi connectivity index (χ4v) is 1.58. The maximum absolute atomic E-state index is 12.9. The van der Waals surface area contributed by atoms with Crippen LogP contribution in [0, 0.1) is 17.6 Å². The zero-order valence-corrected chi connectivity index (χ0v) is 10.5. The summed E-state index contributed by atoms with van der Waals surface area (Å²) in [5.41, 5.74) is 6.19. The lowest BCUT2D eigenvalue weighted by Crippen LogP contribution is -2.41. The number of nitrogens with one attached hydrogen (secondary N) is 1. The molecular formula is C13H18F2N2O. The zero-order valence-electron chi connectivity index (χ0n) is 10.5. The van der Waals surface area contributed by atoms with Crippen molar-refractivity contribution in [1.82, 2.24) is 5.32 Å². The minimum atomic E-state index is -0.923. The van der Waals surface area contributed by atoms with Gasteiger partial charge in [0.1, 0.15) is 0 Å². The van der Waals surface area contributed by atoms with Gasteiger partial charge < -0.3 is 11.1 Å². The van der Waals surface area contributed by atoms with E-state index in [2.05, 4.69) is 5.32 Å². The lowest BCUT2D eigenvalue weighted by Gasteiger charge is -2.14. The van der Waals surface area contributed by atoms with E-state index in [0.717, 1.165) is 12.1 Å². The van der Waals surface area contributed by atoms with Gasteiger partial charge in [0, 0.05) is 6.54 Å². The number of rotatable bonds is 5. The molecule has 1 aromatic rings. The molecule has 0 aromatic heterocycles. The van der Waals surface area contributed by atoms with Gasteiger partial charge in [-0.3, -0.25) is 4.79 Å². The van der Waals surface area contributed by atoms with E-state index in [9.17, 15) is 13.6 Å². The molecule has 0 aliphatic carbocycles. The van der Waals surface area contributed by atoms with Crippen molar-refractivity contribution in [3.05, 3.63) is 35.4 Å². The van der Waals surface area contributed by atoms with Gasteiger partial charge in [0.25, 0.3) is 0 Å². The first-order valence-electron chi connectivity index (χ1n) is 5.87. The summed E-state index contributed by atoms with van der Waals surface area (Å²) < 4.78 is 25.6. The molecule has 0 aliphatic rings. The van der Waals surface area contributed by atoms with Crippen LogP contribution in [0.25, 0.3) is 0 Å². The molecule has 3 nitrogen and oxygen atoms in total. The average Bonchev–Trinajstić information content (AvgIpc) is 2.29. The molecule has 0 aliphatic heterocycles. The normalized spacial score (nSPS) is 12.6. The molecule has 0 bridgehead atoms. The third kappa shape index (κ3) is 4.41. The Morgan fingerprint density at radius 1 is 1.33 bits per heavy atom. The lowest BCUT2D eigenvalue weighted by atomic mass is 10.0. The number of carbonyl (C=O) groups excluding carboxylic acids is 1. The number of halogens is 2. The van der Waals surface area contributed by atoms with Crippen molar-refractivity contribution in [1.29, 1.82) is 0 Å². The summed E-state index contributed by atoms with van der Waals surface area (Å²) >= 11 is 0. The SMILES string of the molecule is CC(C)C[C@H](N)C(=O)NCc1ccc(F)c(F)c1. The lowest BCUT2D eigenvalue weighted by molar-refractivity contribution is -0.122. The molecule has 1 aromatic carbocycles. The summed E-state index contributed by atoms with van der Waals surface area (Å²) in [6.07, 6.45) is 0.587. The predicted octanol–water partition coefficient (Wildman–Crippen LogP) is 1.95. The first-order valence-corrected chi connectivity index (χ1v) is 5.87. The molecular weight excluding hydrogens is 238 g/mol. The quantitative estimate of drug-likeness (QED) is 0.846. The Labute approximate surface area is 105 Å². The van der Waals surface area contributed by atoms with Crippen LogP contribution in [0.15, 0.2) is 18.2 Å². The van der Waals surface area contributed by atoms with Gasteiger partial charge in [0.05, 0.1) is 6.04 Å². The first kappa shape index (κ1) is 14.6. The molecule has 0 radical (unpaired) electrons. The molecule has 0 saturated carbocycles. The fraction of sp³-hybridized carbons (Fsp3) is 0.462. The second-order valence-electron chi connectivity index (χ2n) is 4.70. The van der Waals surface area contributed by atoms with Crippen LogP contribution in [0.5, 0.6) is 0 Å². The van der Waals surface area contributed by atoms with Crippen molar-refractivity contribution in [3.63, 3.8) is 0 Å². The van der Waals surface area contributed by atoms with Gasteiger partial charge in [-0.2, -0.15) is 0 Å². The molecule has 0 spiro atoms. The molecule has 0 saturated heterocycles. The van der Waals surface area contributed by atoms with Crippen LogP contribution in [0.4, 0.5) is 8.78 Å². The summed E-state index contributed by atoms with van der Waals surface area (Å²) in [5, 5.41) is 2.60. The Morgan fingerprint density at radius 3 is 2.56 bits per heavy atom. The maximum Gasteiger partial charge on any atom is 0.237 e. The van der Waals surface area contributed by atoms with Crippen molar-refractivity contribution in [2.75, 3.05) is 0 Å². The smallest absolute Gasteiger partial charge is 0.237 e. The number of amides is 1. The van der Waals surface area contributed by atoms with E-state index in [1.54, 1.807) is 0 Å². The van der Waals surface area contributed by atoms with Gasteiger partial charge in [-0.15, -0.1) is 0 Å². The molecule has 3 N–H and O–H groups in total. The van der Waals surface area contributed by atoms with E-state index in [1.807, 2.05) is 13.8 Å². The van der Waals surface area contributed by atoms with Gasteiger partial charge in [-0.1, -0.05) is 19.9 Å². The summed E-state index contributed by atoms with van der Waals surface area (Å²) in [6, 6.07) is 2.94. The second-order valence-corrected chi connectivity index (χ2v) is 4.70. The molecule has 5 heteroatoms. The number of carbonyl (C=O) groups is 1. The Hall–Kier alpha value is -1.49. The van der Waals surface area contributed by atoms with E-state index in [0.29, 0.717) is 17.9 Å². The number of nitrogens with two attached hydrogens (primary N) is 1. The maximum atomic E-state index is 12.9. The number of benzene rings is 1. The van der Waals surface area contributed by atoms with Gasteiger partial charge in [-0.05, 0) is 30.0 Å². The third-order valence-electron chi connectivity index (χ3n) is 2.51. The van der Waals surface area contributed by atoms with Crippen LogP contribution in [0.1, 0.15) is 25.8 Å². The van der Waals surface area contributed by atoms with Gasteiger partial charge >= 0.3 is 0 Å². The Balaban J connectivity index is 2.49. The van der Waals surface area contributed by atoms with Crippen LogP contribution in [-0.2, 0) is 11.3 Å². The summed E-state index contributed by atoms with van der Waals surface area (Å²) in [5.74, 6) is -1.78. The van der Waals surface area contributed by atoms with Crippen molar-refractivity contribution < 1.29 is 13.6 Å². The highest BCUT2D eigenvalue weighted by atomic mass is 19.2. The molecule has 0 fully saturated rings. The van der Waals surface area contributed by atoms with E-state index >= 15 is 0 Å². The first-order chi connectivity index (χ1) is 8.40. The summed E-state index contributed by atoms with van der Waals surface area (Å²) in [7, 11) is 0. The predicted molar refractivity (Wildman–Crippen MR) is 65.6 cm³/mol. The third-order valence-corrected chi connectivity index (χ3v) is 2.51. The largest absolute Gasteiger partial charge is 0.351 e. The standard InChI is InChI=1S/C13H18F2N2O/c1-8(2)5-12(16)13(18)17-7-9-3-4-10(14)11(15)6-9/h3-4,6,8,12H,5,7,16H2,1-2H3,(H,17,18)/t12-/m0/s1. The number of hydrogen-bond acceptors (Lipinski definition) is 2. The highest BCUT2D eigenvalue weighted by Crippen LogP contribution is 2.08. The molecule has 100 valence electrons. The average molecular weight is 256 g/mol. The summed E-state index contributed by atoms with van der Waals surface area (Å²) in [4.78, 5) is 11.6. The fourth-order valence-electron chi connectivity index (χ4n) is 1.58. The highest BCUT2D eigenvalue weighted by Gasteiger charge is 2.14. The van der Waals surface area contributed by atoms with Gasteiger partial charge in [-0.25, -0.2) is 8.78 Å². The van der Waals surface area contributed by atoms with E-state index in [-0.39, 0.29) is 12.5 Å². The van der Waals surface area contributed by atoms with Crippen LogP contribution >= 0.6 is 0 Å². The molecule has 0 unspecified atom stereocenters. The topological polar surface area (TPSA) is 55.1 Å². The van der Waals surface area contributed by atoms with Crippen molar-refractivity contribution in [3.8, 4) is 0 Å². The zero-order chi connectivity index (χ0) is 13.7. The van der Waals surface area contributed by atoms with Crippen molar-refractivity contribution >= 4 is 5.91 Å². The number of hydrogen-bond donors (Lipinski definition) is 2. The van der Waals surface area contributed by atoms with Crippen LogP contribution in [0.2, 0.25) is 0 Å².